The number of carbonyl (C=O) groups is 4. The van der Waals surface area contributed by atoms with Crippen molar-refractivity contribution in [3.63, 3.8) is 0 Å². The lowest BCUT2D eigenvalue weighted by Gasteiger charge is -2.29. The fourth-order valence-electron chi connectivity index (χ4n) is 7.22. The predicted molar refractivity (Wildman–Crippen MR) is 220 cm³/mol. The zero-order valence-corrected chi connectivity index (χ0v) is 33.8. The quantitative estimate of drug-likeness (QED) is 0.127. The summed E-state index contributed by atoms with van der Waals surface area (Å²) in [4.78, 5) is 59.2. The van der Waals surface area contributed by atoms with Crippen molar-refractivity contribution in [2.75, 3.05) is 44.7 Å². The van der Waals surface area contributed by atoms with E-state index in [4.69, 9.17) is 4.74 Å². The molecule has 3 aromatic rings. The molecule has 3 amide bonds. The van der Waals surface area contributed by atoms with E-state index in [1.165, 1.54) is 6.07 Å². The number of hydrogen-bond acceptors (Lipinski definition) is 9. The Hall–Kier alpha value is -5.30. The molecule has 3 aromatic carbocycles. The number of hydrogen-bond donors (Lipinski definition) is 3. The highest BCUT2D eigenvalue weighted by Crippen LogP contribution is 2.32. The first-order valence-electron chi connectivity index (χ1n) is 20.0. The van der Waals surface area contributed by atoms with Gasteiger partial charge in [0.15, 0.2) is 12.5 Å². The van der Waals surface area contributed by atoms with Crippen LogP contribution >= 0.6 is 0 Å². The first-order chi connectivity index (χ1) is 27.3. The molecule has 0 unspecified atom stereocenters. The third kappa shape index (κ3) is 12.6. The van der Waals surface area contributed by atoms with Crippen LogP contribution in [0.4, 0.5) is 14.9 Å². The maximum Gasteiger partial charge on any atom is 0.407 e. The van der Waals surface area contributed by atoms with Gasteiger partial charge in [-0.1, -0.05) is 50.2 Å². The third-order valence-electron chi connectivity index (χ3n) is 10.5. The number of anilines is 1. The van der Waals surface area contributed by atoms with Crippen molar-refractivity contribution < 1.29 is 28.3 Å². The number of amidine groups is 1. The Morgan fingerprint density at radius 1 is 0.895 bits per heavy atom. The topological polar surface area (TPSA) is 154 Å². The van der Waals surface area contributed by atoms with E-state index in [0.717, 1.165) is 37.1 Å². The molecule has 57 heavy (non-hydrogen) atoms. The molecule has 304 valence electrons. The molecule has 1 aliphatic carbocycles. The van der Waals surface area contributed by atoms with Crippen molar-refractivity contribution in [1.29, 1.82) is 0 Å². The van der Waals surface area contributed by atoms with Gasteiger partial charge in [0.05, 0.1) is 5.56 Å². The van der Waals surface area contributed by atoms with E-state index in [0.29, 0.717) is 68.2 Å². The Morgan fingerprint density at radius 3 is 2.21 bits per heavy atom. The van der Waals surface area contributed by atoms with Crippen LogP contribution < -0.4 is 16.0 Å². The SMILES string of the molecule is CCN(CC)CCNC(=O)c1cccc(-c2ccc(C[C@H](CC(=O)C3CCC(CNC(=O)OC(C)(C)C)CC3)C(=O)Nc3ccc(C4=NCN=N4)cc3)cc2)c1F. The first-order valence-corrected chi connectivity index (χ1v) is 20.0. The third-order valence-corrected chi connectivity index (χ3v) is 10.5. The number of halogens is 1. The van der Waals surface area contributed by atoms with Crippen LogP contribution in [0.25, 0.3) is 11.1 Å². The number of rotatable bonds is 17. The number of ether oxygens (including phenoxy) is 1. The fraction of sp³-hybridized carbons (Fsp3) is 0.477. The van der Waals surface area contributed by atoms with Gasteiger partial charge in [0.1, 0.15) is 17.2 Å². The van der Waals surface area contributed by atoms with Crippen molar-refractivity contribution in [3.05, 3.63) is 89.2 Å². The highest BCUT2D eigenvalue weighted by Gasteiger charge is 2.31. The molecule has 13 heteroatoms. The number of carbonyl (C=O) groups excluding carboxylic acids is 4. The Bertz CT molecular complexity index is 1910. The smallest absolute Gasteiger partial charge is 0.407 e. The van der Waals surface area contributed by atoms with Gasteiger partial charge in [-0.3, -0.25) is 14.4 Å². The number of aliphatic imine (C=N–C) groups is 1. The largest absolute Gasteiger partial charge is 0.444 e. The maximum absolute atomic E-state index is 15.7. The molecular formula is C44H56FN7O5. The highest BCUT2D eigenvalue weighted by molar-refractivity contribution is 6.01. The minimum Gasteiger partial charge on any atom is -0.444 e. The molecule has 0 bridgehead atoms. The van der Waals surface area contributed by atoms with Crippen LogP contribution in [0.15, 0.2) is 82.0 Å². The average molecular weight is 782 g/mol. The van der Waals surface area contributed by atoms with Gasteiger partial charge in [-0.2, -0.15) is 5.11 Å². The summed E-state index contributed by atoms with van der Waals surface area (Å²) in [6.45, 7) is 13.2. The minimum absolute atomic E-state index is 0.0200. The van der Waals surface area contributed by atoms with E-state index >= 15 is 4.39 Å². The lowest BCUT2D eigenvalue weighted by Crippen LogP contribution is -2.37. The van der Waals surface area contributed by atoms with E-state index in [1.807, 2.05) is 45.0 Å². The minimum atomic E-state index is -0.664. The molecular weight excluding hydrogens is 726 g/mol. The second-order valence-electron chi connectivity index (χ2n) is 15.7. The molecule has 3 N–H and O–H groups in total. The summed E-state index contributed by atoms with van der Waals surface area (Å²) in [5, 5.41) is 16.6. The summed E-state index contributed by atoms with van der Waals surface area (Å²) >= 11 is 0. The molecule has 0 radical (unpaired) electrons. The molecule has 5 rings (SSSR count). The van der Waals surface area contributed by atoms with Crippen LogP contribution in [-0.4, -0.2) is 79.4 Å². The summed E-state index contributed by atoms with van der Waals surface area (Å²) in [6.07, 6.45) is 2.86. The van der Waals surface area contributed by atoms with Gasteiger partial charge in [-0.15, -0.1) is 5.11 Å². The predicted octanol–water partition coefficient (Wildman–Crippen LogP) is 7.82. The number of Topliss-reactive ketones (excluding diaryl/α,β-unsaturated/α-hetero) is 1. The maximum atomic E-state index is 15.7. The first kappa shape index (κ1) is 42.8. The number of ketones is 1. The number of amides is 3. The second-order valence-corrected chi connectivity index (χ2v) is 15.7. The Labute approximate surface area is 335 Å². The average Bonchev–Trinajstić information content (AvgIpc) is 3.74. The molecule has 1 heterocycles. The molecule has 0 spiro atoms. The van der Waals surface area contributed by atoms with Gasteiger partial charge in [0.25, 0.3) is 5.91 Å². The van der Waals surface area contributed by atoms with Gasteiger partial charge in [0.2, 0.25) is 5.91 Å². The summed E-state index contributed by atoms with van der Waals surface area (Å²) in [5.74, 6) is -1.35. The number of azo groups is 1. The van der Waals surface area contributed by atoms with Crippen LogP contribution in [0.3, 0.4) is 0 Å². The number of nitrogens with one attached hydrogen (secondary N) is 3. The molecule has 1 saturated carbocycles. The van der Waals surface area contributed by atoms with Crippen LogP contribution in [0.5, 0.6) is 0 Å². The van der Waals surface area contributed by atoms with Gasteiger partial charge in [-0.25, -0.2) is 14.2 Å². The van der Waals surface area contributed by atoms with Crippen LogP contribution in [0.1, 0.15) is 88.2 Å². The zero-order chi connectivity index (χ0) is 41.0. The molecule has 0 saturated heterocycles. The number of alkyl carbamates (subject to hydrolysis) is 1. The summed E-state index contributed by atoms with van der Waals surface area (Å²) in [7, 11) is 0. The van der Waals surface area contributed by atoms with Gasteiger partial charge < -0.3 is 25.6 Å². The monoisotopic (exact) mass is 781 g/mol. The Kier molecular flexibility index (Phi) is 15.2. The van der Waals surface area contributed by atoms with Gasteiger partial charge in [0, 0.05) is 54.7 Å². The summed E-state index contributed by atoms with van der Waals surface area (Å²) in [5.41, 5.74) is 2.48. The molecule has 1 fully saturated rings. The summed E-state index contributed by atoms with van der Waals surface area (Å²) < 4.78 is 21.1. The molecule has 12 nitrogen and oxygen atoms in total. The second kappa shape index (κ2) is 20.2. The highest BCUT2D eigenvalue weighted by atomic mass is 19.1. The van der Waals surface area contributed by atoms with Crippen molar-refractivity contribution >= 4 is 35.2 Å². The van der Waals surface area contributed by atoms with Crippen LogP contribution in [-0.2, 0) is 20.7 Å². The lowest BCUT2D eigenvalue weighted by molar-refractivity contribution is -0.129. The van der Waals surface area contributed by atoms with E-state index in [-0.39, 0.29) is 35.5 Å². The molecule has 1 atom stereocenters. The van der Waals surface area contributed by atoms with Gasteiger partial charge >= 0.3 is 6.09 Å². The van der Waals surface area contributed by atoms with Crippen LogP contribution in [0, 0.1) is 23.6 Å². The number of benzene rings is 3. The standard InChI is InChI=1S/C44H56FN7O5/c1-6-52(7-2)24-23-46-42(55)37-10-8-9-36(39(37)45)31-15-11-29(12-16-31)25-34(41(54)50-35-21-19-33(20-22-35)40-48-28-49-51-40)26-38(53)32-17-13-30(14-18-32)27-47-43(56)57-44(3,4)5/h8-12,15-16,19-22,30,32,34H,6-7,13-14,17-18,23-28H2,1-5H3,(H,46,55)(H,47,56)(H,50,54)/t30?,32?,34-/m1/s1. The zero-order valence-electron chi connectivity index (χ0n) is 33.8. The van der Waals surface area contributed by atoms with Gasteiger partial charge in [-0.05, 0) is 113 Å². The summed E-state index contributed by atoms with van der Waals surface area (Å²) in [6, 6.07) is 19.2. The van der Waals surface area contributed by atoms with Crippen LogP contribution in [0.2, 0.25) is 0 Å². The van der Waals surface area contributed by atoms with E-state index in [1.54, 1.807) is 36.4 Å². The molecule has 1 aliphatic heterocycles. The van der Waals surface area contributed by atoms with E-state index < -0.39 is 29.3 Å². The van der Waals surface area contributed by atoms with Crippen molar-refractivity contribution in [2.45, 2.75) is 78.7 Å². The normalized spacial score (nSPS) is 17.1. The molecule has 2 aliphatic rings. The lowest BCUT2D eigenvalue weighted by atomic mass is 9.77. The fourth-order valence-corrected chi connectivity index (χ4v) is 7.22. The van der Waals surface area contributed by atoms with E-state index in [2.05, 4.69) is 49.9 Å². The number of nitrogens with zero attached hydrogens (tertiary/aromatic N) is 4. The van der Waals surface area contributed by atoms with Crippen molar-refractivity contribution in [2.24, 2.45) is 33.0 Å². The molecule has 0 aromatic heterocycles. The van der Waals surface area contributed by atoms with Crippen molar-refractivity contribution in [3.8, 4) is 11.1 Å². The Morgan fingerprint density at radius 2 is 1.58 bits per heavy atom. The number of likely N-dealkylation sites (N-methyl/N-ethyl adjacent to an activating group) is 1. The Balaban J connectivity index is 1.25. The van der Waals surface area contributed by atoms with Crippen molar-refractivity contribution in [1.82, 2.24) is 15.5 Å². The van der Waals surface area contributed by atoms with E-state index in [9.17, 15) is 19.2 Å².